The average molecular weight is 432 g/mol. The minimum absolute atomic E-state index is 0.00344. The minimum atomic E-state index is -4.74. The molecule has 0 spiro atoms. The van der Waals surface area contributed by atoms with Gasteiger partial charge in [0.05, 0.1) is 32.3 Å². The van der Waals surface area contributed by atoms with Gasteiger partial charge in [-0.25, -0.2) is 0 Å². The van der Waals surface area contributed by atoms with E-state index >= 15 is 0 Å². The monoisotopic (exact) mass is 432 g/mol. The fraction of sp³-hybridized carbons (Fsp3) is 0.647. The SMILES string of the molecule is Cc1nc(CN2c3nc(N4CCOCC4C)c(F)c(=O)n3CC2(C)C(F)(F)F)no1. The van der Waals surface area contributed by atoms with Crippen LogP contribution in [0.25, 0.3) is 0 Å². The molecule has 2 aromatic heterocycles. The van der Waals surface area contributed by atoms with Crippen molar-refractivity contribution in [3.05, 3.63) is 27.9 Å². The molecule has 4 rings (SSSR count). The quantitative estimate of drug-likeness (QED) is 0.677. The highest BCUT2D eigenvalue weighted by atomic mass is 19.4. The standard InChI is InChI=1S/C17H20F4N6O3/c1-9-7-29-5-4-25(9)13-12(18)14(28)26-8-16(3,17(19,20)21)27(15(26)23-13)6-11-22-10(2)30-24-11/h9H,4-8H2,1-3H3. The lowest BCUT2D eigenvalue weighted by Gasteiger charge is -2.36. The smallest absolute Gasteiger partial charge is 0.377 e. The van der Waals surface area contributed by atoms with Crippen molar-refractivity contribution in [1.29, 1.82) is 0 Å². The predicted molar refractivity (Wildman–Crippen MR) is 95.8 cm³/mol. The summed E-state index contributed by atoms with van der Waals surface area (Å²) in [6, 6.07) is -0.299. The molecule has 0 saturated carbocycles. The number of rotatable bonds is 3. The lowest BCUT2D eigenvalue weighted by Crippen LogP contribution is -2.55. The van der Waals surface area contributed by atoms with E-state index in [9.17, 15) is 22.4 Å². The molecular formula is C17H20F4N6O3. The Labute approximate surface area is 168 Å². The predicted octanol–water partition coefficient (Wildman–Crippen LogP) is 1.64. The van der Waals surface area contributed by atoms with Gasteiger partial charge in [-0.15, -0.1) is 0 Å². The van der Waals surface area contributed by atoms with Crippen LogP contribution in [0.1, 0.15) is 25.6 Å². The van der Waals surface area contributed by atoms with Crippen molar-refractivity contribution in [1.82, 2.24) is 19.7 Å². The van der Waals surface area contributed by atoms with Gasteiger partial charge in [-0.1, -0.05) is 5.16 Å². The van der Waals surface area contributed by atoms with Gasteiger partial charge in [0.15, 0.2) is 17.2 Å². The van der Waals surface area contributed by atoms with Crippen LogP contribution in [0.3, 0.4) is 0 Å². The van der Waals surface area contributed by atoms with Crippen LogP contribution < -0.4 is 15.4 Å². The third kappa shape index (κ3) is 3.11. The minimum Gasteiger partial charge on any atom is -0.377 e. The van der Waals surface area contributed by atoms with E-state index in [4.69, 9.17) is 9.26 Å². The van der Waals surface area contributed by atoms with Crippen LogP contribution in [-0.4, -0.2) is 57.2 Å². The molecule has 164 valence electrons. The average Bonchev–Trinajstić information content (AvgIpc) is 3.21. The van der Waals surface area contributed by atoms with Gasteiger partial charge < -0.3 is 19.1 Å². The van der Waals surface area contributed by atoms with Crippen LogP contribution in [0, 0.1) is 12.7 Å². The van der Waals surface area contributed by atoms with Gasteiger partial charge in [-0.3, -0.25) is 9.36 Å². The second kappa shape index (κ2) is 6.93. The van der Waals surface area contributed by atoms with Gasteiger partial charge in [0, 0.05) is 13.5 Å². The van der Waals surface area contributed by atoms with Crippen molar-refractivity contribution in [2.45, 2.75) is 51.6 Å². The fourth-order valence-electron chi connectivity index (χ4n) is 3.74. The zero-order chi connectivity index (χ0) is 21.8. The topological polar surface area (TPSA) is 89.5 Å². The second-order valence-corrected chi connectivity index (χ2v) is 7.65. The molecule has 4 heterocycles. The Morgan fingerprint density at radius 1 is 1.30 bits per heavy atom. The van der Waals surface area contributed by atoms with Gasteiger partial charge in [0.2, 0.25) is 17.7 Å². The van der Waals surface area contributed by atoms with Gasteiger partial charge in [0.25, 0.3) is 5.56 Å². The molecule has 2 unspecified atom stereocenters. The molecule has 13 heteroatoms. The first-order valence-electron chi connectivity index (χ1n) is 9.31. The Balaban J connectivity index is 1.85. The number of aromatic nitrogens is 4. The van der Waals surface area contributed by atoms with Crippen LogP contribution >= 0.6 is 0 Å². The molecule has 30 heavy (non-hydrogen) atoms. The van der Waals surface area contributed by atoms with Crippen molar-refractivity contribution < 1.29 is 26.8 Å². The van der Waals surface area contributed by atoms with Crippen molar-refractivity contribution >= 4 is 11.8 Å². The van der Waals surface area contributed by atoms with Gasteiger partial charge in [-0.2, -0.15) is 27.5 Å². The largest absolute Gasteiger partial charge is 0.413 e. The number of aryl methyl sites for hydroxylation is 1. The normalized spacial score (nSPS) is 24.4. The highest BCUT2D eigenvalue weighted by Crippen LogP contribution is 2.44. The molecule has 0 aromatic carbocycles. The van der Waals surface area contributed by atoms with E-state index in [-0.39, 0.29) is 49.3 Å². The number of halogens is 4. The number of hydrogen-bond acceptors (Lipinski definition) is 8. The highest BCUT2D eigenvalue weighted by molar-refractivity contribution is 5.51. The third-order valence-corrected chi connectivity index (χ3v) is 5.50. The first-order chi connectivity index (χ1) is 14.0. The molecule has 0 amide bonds. The maximum atomic E-state index is 14.9. The number of anilines is 2. The number of morpholine rings is 1. The Morgan fingerprint density at radius 3 is 2.63 bits per heavy atom. The zero-order valence-corrected chi connectivity index (χ0v) is 16.5. The lowest BCUT2D eigenvalue weighted by atomic mass is 10.0. The number of ether oxygens (including phenoxy) is 1. The van der Waals surface area contributed by atoms with E-state index in [0.717, 1.165) is 11.8 Å². The van der Waals surface area contributed by atoms with Gasteiger partial charge >= 0.3 is 6.18 Å². The summed E-state index contributed by atoms with van der Waals surface area (Å²) in [7, 11) is 0. The molecule has 0 aliphatic carbocycles. The molecule has 0 bridgehead atoms. The number of alkyl halides is 3. The summed E-state index contributed by atoms with van der Waals surface area (Å²) in [5.41, 5.74) is -3.67. The van der Waals surface area contributed by atoms with E-state index in [1.807, 2.05) is 0 Å². The van der Waals surface area contributed by atoms with Crippen LogP contribution in [0.2, 0.25) is 0 Å². The molecule has 9 nitrogen and oxygen atoms in total. The first-order valence-corrected chi connectivity index (χ1v) is 9.31. The van der Waals surface area contributed by atoms with Gasteiger partial charge in [-0.05, 0) is 13.8 Å². The number of fused-ring (bicyclic) bond motifs is 1. The molecule has 2 aliphatic heterocycles. The van der Waals surface area contributed by atoms with Crippen LogP contribution in [0.5, 0.6) is 0 Å². The molecule has 2 atom stereocenters. The molecule has 2 aromatic rings. The molecule has 1 fully saturated rings. The molecule has 0 N–H and O–H groups in total. The molecule has 2 aliphatic rings. The van der Waals surface area contributed by atoms with Crippen molar-refractivity contribution in [2.75, 3.05) is 29.6 Å². The zero-order valence-electron chi connectivity index (χ0n) is 16.5. The van der Waals surface area contributed by atoms with E-state index in [1.54, 1.807) is 6.92 Å². The third-order valence-electron chi connectivity index (χ3n) is 5.50. The molecular weight excluding hydrogens is 412 g/mol. The summed E-state index contributed by atoms with van der Waals surface area (Å²) in [5.74, 6) is -1.59. The van der Waals surface area contributed by atoms with E-state index in [0.29, 0.717) is 4.57 Å². The summed E-state index contributed by atoms with van der Waals surface area (Å²) in [5, 5.41) is 3.65. The summed E-state index contributed by atoms with van der Waals surface area (Å²) >= 11 is 0. The molecule has 0 radical (unpaired) electrons. The van der Waals surface area contributed by atoms with Crippen LogP contribution in [0.4, 0.5) is 29.3 Å². The Kier molecular flexibility index (Phi) is 4.75. The Morgan fingerprint density at radius 2 is 2.03 bits per heavy atom. The summed E-state index contributed by atoms with van der Waals surface area (Å²) < 4.78 is 67.9. The van der Waals surface area contributed by atoms with Crippen molar-refractivity contribution in [3.8, 4) is 0 Å². The van der Waals surface area contributed by atoms with Crippen molar-refractivity contribution in [3.63, 3.8) is 0 Å². The summed E-state index contributed by atoms with van der Waals surface area (Å²) in [6.45, 7) is 3.81. The van der Waals surface area contributed by atoms with Gasteiger partial charge in [0.1, 0.15) is 0 Å². The first kappa shape index (κ1) is 20.6. The highest BCUT2D eigenvalue weighted by Gasteiger charge is 2.60. The second-order valence-electron chi connectivity index (χ2n) is 7.65. The van der Waals surface area contributed by atoms with E-state index in [2.05, 4.69) is 15.1 Å². The Bertz CT molecular complexity index is 1020. The maximum Gasteiger partial charge on any atom is 0.413 e. The summed E-state index contributed by atoms with van der Waals surface area (Å²) in [6.07, 6.45) is -4.74. The van der Waals surface area contributed by atoms with Crippen LogP contribution in [-0.2, 0) is 17.8 Å². The fourth-order valence-corrected chi connectivity index (χ4v) is 3.74. The van der Waals surface area contributed by atoms with E-state index < -0.39 is 36.2 Å². The van der Waals surface area contributed by atoms with E-state index in [1.165, 1.54) is 11.8 Å². The number of nitrogens with zero attached hydrogens (tertiary/aromatic N) is 6. The van der Waals surface area contributed by atoms with Crippen LogP contribution in [0.15, 0.2) is 9.32 Å². The lowest BCUT2D eigenvalue weighted by molar-refractivity contribution is -0.182. The number of hydrogen-bond donors (Lipinski definition) is 0. The molecule has 1 saturated heterocycles. The van der Waals surface area contributed by atoms with Crippen molar-refractivity contribution in [2.24, 2.45) is 0 Å². The Hall–Kier alpha value is -2.70. The maximum absolute atomic E-state index is 14.9. The summed E-state index contributed by atoms with van der Waals surface area (Å²) in [4.78, 5) is 23.2.